The van der Waals surface area contributed by atoms with Crippen molar-refractivity contribution >= 4 is 11.9 Å². The lowest BCUT2D eigenvalue weighted by molar-refractivity contribution is -0.126. The lowest BCUT2D eigenvalue weighted by Crippen LogP contribution is -2.45. The Bertz CT molecular complexity index is 798. The minimum Gasteiger partial charge on any atom is -0.467 e. The molecule has 3 amide bonds. The highest BCUT2D eigenvalue weighted by molar-refractivity contribution is 5.95. The summed E-state index contributed by atoms with van der Waals surface area (Å²) in [6, 6.07) is -0.250. The highest BCUT2D eigenvalue weighted by atomic mass is 16.5. The Hall–Kier alpha value is -2.24. The summed E-state index contributed by atoms with van der Waals surface area (Å²) in [5, 5.41) is 0. The zero-order valence-electron chi connectivity index (χ0n) is 15.5. The maximum atomic E-state index is 12.7. The Morgan fingerprint density at radius 2 is 2.12 bits per heavy atom. The van der Waals surface area contributed by atoms with Crippen molar-refractivity contribution in [1.82, 2.24) is 14.7 Å². The molecule has 0 radical (unpaired) electrons. The van der Waals surface area contributed by atoms with Gasteiger partial charge in [0.15, 0.2) is 0 Å². The first-order valence-corrected chi connectivity index (χ1v) is 9.62. The molecule has 2 spiro atoms. The van der Waals surface area contributed by atoms with Crippen LogP contribution in [0.3, 0.4) is 0 Å². The van der Waals surface area contributed by atoms with Gasteiger partial charge in [-0.2, -0.15) is 0 Å². The van der Waals surface area contributed by atoms with E-state index in [0.29, 0.717) is 6.54 Å². The van der Waals surface area contributed by atoms with Crippen molar-refractivity contribution in [2.45, 2.75) is 57.6 Å². The van der Waals surface area contributed by atoms with E-state index >= 15 is 0 Å². The fourth-order valence-corrected chi connectivity index (χ4v) is 5.45. The highest BCUT2D eigenvalue weighted by Crippen LogP contribution is 2.62. The zero-order valence-corrected chi connectivity index (χ0v) is 15.5. The fourth-order valence-electron chi connectivity index (χ4n) is 5.45. The first-order valence-electron chi connectivity index (χ1n) is 9.62. The Morgan fingerprint density at radius 3 is 2.88 bits per heavy atom. The number of ether oxygens (including phenoxy) is 1. The molecule has 26 heavy (non-hydrogen) atoms. The molecule has 2 atom stereocenters. The number of fused-ring (bicyclic) bond motifs is 1. The molecule has 0 aromatic carbocycles. The predicted molar refractivity (Wildman–Crippen MR) is 95.2 cm³/mol. The number of rotatable bonds is 0. The molecule has 2 unspecified atom stereocenters. The van der Waals surface area contributed by atoms with Gasteiger partial charge >= 0.3 is 6.03 Å². The van der Waals surface area contributed by atoms with E-state index in [9.17, 15) is 9.59 Å². The van der Waals surface area contributed by atoms with Gasteiger partial charge < -0.3 is 9.64 Å². The van der Waals surface area contributed by atoms with Crippen molar-refractivity contribution in [2.75, 3.05) is 13.6 Å². The summed E-state index contributed by atoms with van der Waals surface area (Å²) in [4.78, 5) is 29.8. The molecule has 6 heteroatoms. The Labute approximate surface area is 153 Å². The molecule has 0 N–H and O–H groups in total. The number of nitrogens with zero attached hydrogens (tertiary/aromatic N) is 3. The van der Waals surface area contributed by atoms with E-state index in [-0.39, 0.29) is 17.4 Å². The summed E-state index contributed by atoms with van der Waals surface area (Å²) < 4.78 is 6.68. The molecule has 5 aliphatic rings. The third-order valence-electron chi connectivity index (χ3n) is 6.82. The van der Waals surface area contributed by atoms with Gasteiger partial charge in [0.05, 0.1) is 17.7 Å². The number of likely N-dealkylation sites (N-methyl/N-ethyl adjacent to an activating group) is 1. The summed E-state index contributed by atoms with van der Waals surface area (Å²) in [7, 11) is 1.77. The second kappa shape index (κ2) is 5.15. The van der Waals surface area contributed by atoms with Crippen molar-refractivity contribution in [1.29, 1.82) is 0 Å². The number of allylic oxidation sites excluding steroid dienone is 3. The molecule has 0 aromatic heterocycles. The number of carbonyl (C=O) groups excluding carboxylic acids is 2. The molecule has 3 fully saturated rings. The average Bonchev–Trinajstić information content (AvgIpc) is 3.09. The van der Waals surface area contributed by atoms with Crippen molar-refractivity contribution in [3.8, 4) is 0 Å². The molecule has 2 saturated heterocycles. The van der Waals surface area contributed by atoms with Crippen LogP contribution in [0.5, 0.6) is 0 Å². The predicted octanol–water partition coefficient (Wildman–Crippen LogP) is 3.30. The maximum Gasteiger partial charge on any atom is 0.329 e. The molecule has 1 aliphatic carbocycles. The highest BCUT2D eigenvalue weighted by Gasteiger charge is 2.64. The summed E-state index contributed by atoms with van der Waals surface area (Å²) >= 11 is 0. The first kappa shape index (κ1) is 16.0. The van der Waals surface area contributed by atoms with E-state index in [4.69, 9.17) is 4.74 Å². The quantitative estimate of drug-likeness (QED) is 0.669. The SMILES string of the molecule is CC(=O)N1CC2(CC34CCCCC3=CN3C=CCCC3=C4O2)N(C)C1=O. The van der Waals surface area contributed by atoms with E-state index in [0.717, 1.165) is 37.9 Å². The van der Waals surface area contributed by atoms with Gasteiger partial charge in [-0.05, 0) is 37.7 Å². The van der Waals surface area contributed by atoms with E-state index in [1.165, 1.54) is 35.9 Å². The smallest absolute Gasteiger partial charge is 0.329 e. The molecule has 4 aliphatic heterocycles. The third kappa shape index (κ3) is 1.87. The number of carbonyl (C=O) groups is 2. The van der Waals surface area contributed by atoms with Crippen LogP contribution in [0.1, 0.15) is 51.9 Å². The van der Waals surface area contributed by atoms with Crippen molar-refractivity contribution in [2.24, 2.45) is 5.41 Å². The normalized spacial score (nSPS) is 35.4. The Morgan fingerprint density at radius 1 is 1.27 bits per heavy atom. The van der Waals surface area contributed by atoms with Crippen LogP contribution in [0.2, 0.25) is 0 Å². The van der Waals surface area contributed by atoms with Crippen LogP contribution in [0.25, 0.3) is 0 Å². The number of urea groups is 1. The van der Waals surface area contributed by atoms with Crippen molar-refractivity contribution < 1.29 is 14.3 Å². The second-order valence-corrected chi connectivity index (χ2v) is 8.22. The minimum atomic E-state index is -0.737. The van der Waals surface area contributed by atoms with Gasteiger partial charge in [0.25, 0.3) is 0 Å². The number of hydrogen-bond donors (Lipinski definition) is 0. The van der Waals surface area contributed by atoms with Crippen molar-refractivity contribution in [3.63, 3.8) is 0 Å². The molecule has 0 bridgehead atoms. The fraction of sp³-hybridized carbons (Fsp3) is 0.600. The number of hydrogen-bond acceptors (Lipinski definition) is 4. The van der Waals surface area contributed by atoms with Crippen LogP contribution >= 0.6 is 0 Å². The second-order valence-electron chi connectivity index (χ2n) is 8.22. The van der Waals surface area contributed by atoms with Gasteiger partial charge in [0.2, 0.25) is 11.6 Å². The summed E-state index contributed by atoms with van der Waals surface area (Å²) in [5.41, 5.74) is 1.82. The summed E-state index contributed by atoms with van der Waals surface area (Å²) in [6.45, 7) is 1.77. The average molecular weight is 355 g/mol. The number of imide groups is 1. The first-order chi connectivity index (χ1) is 12.5. The van der Waals surface area contributed by atoms with Crippen LogP contribution in [-0.4, -0.2) is 46.0 Å². The molecular weight excluding hydrogens is 330 g/mol. The van der Waals surface area contributed by atoms with E-state index < -0.39 is 5.72 Å². The van der Waals surface area contributed by atoms with Crippen LogP contribution in [0.4, 0.5) is 4.79 Å². The topological polar surface area (TPSA) is 53.1 Å². The molecule has 5 rings (SSSR count). The van der Waals surface area contributed by atoms with Gasteiger partial charge in [-0.25, -0.2) is 4.79 Å². The Kier molecular flexibility index (Phi) is 3.16. The molecule has 0 aromatic rings. The molecule has 138 valence electrons. The van der Waals surface area contributed by atoms with E-state index in [2.05, 4.69) is 23.4 Å². The minimum absolute atomic E-state index is 0.101. The largest absolute Gasteiger partial charge is 0.467 e. The lowest BCUT2D eigenvalue weighted by atomic mass is 9.65. The monoisotopic (exact) mass is 355 g/mol. The lowest BCUT2D eigenvalue weighted by Gasteiger charge is -2.42. The molecule has 6 nitrogen and oxygen atoms in total. The number of amides is 3. The molecule has 4 heterocycles. The van der Waals surface area contributed by atoms with Crippen LogP contribution in [0, 0.1) is 5.41 Å². The van der Waals surface area contributed by atoms with Gasteiger partial charge in [-0.15, -0.1) is 0 Å². The van der Waals surface area contributed by atoms with Gasteiger partial charge in [-0.3, -0.25) is 14.6 Å². The Balaban J connectivity index is 1.63. The maximum absolute atomic E-state index is 12.7. The van der Waals surface area contributed by atoms with Gasteiger partial charge in [0, 0.05) is 32.8 Å². The summed E-state index contributed by atoms with van der Waals surface area (Å²) in [6.07, 6.45) is 13.9. The van der Waals surface area contributed by atoms with Gasteiger partial charge in [-0.1, -0.05) is 12.5 Å². The molecule has 1 saturated carbocycles. The molecular formula is C20H25N3O3. The van der Waals surface area contributed by atoms with E-state index in [1.807, 2.05) is 0 Å². The third-order valence-corrected chi connectivity index (χ3v) is 6.82. The summed E-state index contributed by atoms with van der Waals surface area (Å²) in [5.74, 6) is 0.845. The van der Waals surface area contributed by atoms with Crippen molar-refractivity contribution in [3.05, 3.63) is 35.5 Å². The van der Waals surface area contributed by atoms with Gasteiger partial charge in [0.1, 0.15) is 5.76 Å². The van der Waals surface area contributed by atoms with Crippen LogP contribution in [0.15, 0.2) is 35.5 Å². The van der Waals surface area contributed by atoms with Crippen LogP contribution < -0.4 is 0 Å². The van der Waals surface area contributed by atoms with Crippen LogP contribution in [-0.2, 0) is 9.53 Å². The zero-order chi connectivity index (χ0) is 18.1. The standard InChI is InChI=1S/C20H25N3O3/c1-14(24)23-13-20(21(2)18(23)25)12-19-9-5-3-7-15(19)11-22-10-6-4-8-16(22)17(19)26-20/h6,10-11H,3-5,7-9,12-13H2,1-2H3. The van der Waals surface area contributed by atoms with E-state index in [1.54, 1.807) is 11.9 Å².